The summed E-state index contributed by atoms with van der Waals surface area (Å²) in [6.07, 6.45) is 0. The Bertz CT molecular complexity index is 3800. The highest BCUT2D eigenvalue weighted by atomic mass is 32.1. The van der Waals surface area contributed by atoms with Crippen molar-refractivity contribution < 1.29 is 0 Å². The highest BCUT2D eigenvalue weighted by molar-refractivity contribution is 7.26. The van der Waals surface area contributed by atoms with E-state index >= 15 is 0 Å². The predicted octanol–water partition coefficient (Wildman–Crippen LogP) is 14.1. The molecular formula is C53H31N5S. The third kappa shape index (κ3) is 4.87. The quantitative estimate of drug-likeness (QED) is 0.179. The monoisotopic (exact) mass is 769 g/mol. The molecule has 0 unspecified atom stereocenters. The van der Waals surface area contributed by atoms with Gasteiger partial charge in [-0.3, -0.25) is 4.57 Å². The van der Waals surface area contributed by atoms with E-state index in [2.05, 4.69) is 179 Å². The zero-order valence-electron chi connectivity index (χ0n) is 31.5. The molecule has 0 atom stereocenters. The Morgan fingerprint density at radius 2 is 0.831 bits per heavy atom. The smallest absolute Gasteiger partial charge is 0.238 e. The number of rotatable bonds is 4. The third-order valence-corrected chi connectivity index (χ3v) is 13.0. The summed E-state index contributed by atoms with van der Waals surface area (Å²) in [6.45, 7) is 0. The fourth-order valence-corrected chi connectivity index (χ4v) is 10.4. The van der Waals surface area contributed by atoms with Gasteiger partial charge in [0.15, 0.2) is 11.6 Å². The first-order valence-corrected chi connectivity index (χ1v) is 20.7. The molecule has 0 aliphatic heterocycles. The summed E-state index contributed by atoms with van der Waals surface area (Å²) in [5, 5.41) is 12.0. The molecule has 4 aromatic heterocycles. The van der Waals surface area contributed by atoms with Crippen molar-refractivity contribution >= 4 is 96.7 Å². The van der Waals surface area contributed by atoms with Gasteiger partial charge in [0.25, 0.3) is 0 Å². The highest BCUT2D eigenvalue weighted by Crippen LogP contribution is 2.44. The van der Waals surface area contributed by atoms with Crippen LogP contribution in [-0.2, 0) is 0 Å². The number of nitrogens with zero attached hydrogens (tertiary/aromatic N) is 5. The Hall–Kier alpha value is -7.67. The van der Waals surface area contributed by atoms with E-state index in [0.717, 1.165) is 49.7 Å². The van der Waals surface area contributed by atoms with Crippen LogP contribution in [0, 0.1) is 0 Å². The van der Waals surface area contributed by atoms with Crippen LogP contribution >= 0.6 is 11.3 Å². The van der Waals surface area contributed by atoms with Crippen LogP contribution in [0.3, 0.4) is 0 Å². The van der Waals surface area contributed by atoms with E-state index in [9.17, 15) is 0 Å². The number of hydrogen-bond donors (Lipinski definition) is 0. The van der Waals surface area contributed by atoms with Crippen LogP contribution in [0.25, 0.3) is 120 Å². The van der Waals surface area contributed by atoms with E-state index in [1.165, 1.54) is 52.5 Å². The second-order valence-corrected chi connectivity index (χ2v) is 16.3. The van der Waals surface area contributed by atoms with Gasteiger partial charge in [0, 0.05) is 52.8 Å². The maximum atomic E-state index is 5.50. The van der Waals surface area contributed by atoms with Crippen LogP contribution < -0.4 is 0 Å². The molecule has 6 heteroatoms. The molecule has 5 nitrogen and oxygen atoms in total. The van der Waals surface area contributed by atoms with E-state index in [1.807, 2.05) is 29.5 Å². The standard InChI is InChI=1S/C53H31N5S/c1-2-14-32(15-3-1)51-54-52(56-53(55-51)58-45-24-12-8-20-37(45)38-21-9-13-25-46(38)58)43-30-42-41-27-34-17-5-7-19-36(34)29-49(41)59-50(42)31-48(43)57-44-23-11-10-22-39(44)40-26-33-16-4-6-18-35(33)28-47(40)57/h1-31H. The Morgan fingerprint density at radius 1 is 0.339 bits per heavy atom. The Balaban J connectivity index is 1.19. The van der Waals surface area contributed by atoms with E-state index in [-0.39, 0.29) is 0 Å². The summed E-state index contributed by atoms with van der Waals surface area (Å²) in [6, 6.07) is 67.4. The van der Waals surface area contributed by atoms with Crippen LogP contribution in [-0.4, -0.2) is 24.1 Å². The molecule has 13 rings (SSSR count). The second-order valence-electron chi connectivity index (χ2n) is 15.3. The minimum absolute atomic E-state index is 0.576. The number of aromatic nitrogens is 5. The molecule has 274 valence electrons. The summed E-state index contributed by atoms with van der Waals surface area (Å²) in [5.74, 6) is 1.80. The first-order valence-electron chi connectivity index (χ1n) is 19.9. The molecule has 0 saturated carbocycles. The van der Waals surface area contributed by atoms with Gasteiger partial charge < -0.3 is 4.57 Å². The van der Waals surface area contributed by atoms with Crippen molar-refractivity contribution in [1.82, 2.24) is 24.1 Å². The lowest BCUT2D eigenvalue weighted by Crippen LogP contribution is -2.08. The van der Waals surface area contributed by atoms with Gasteiger partial charge in [-0.05, 0) is 76.1 Å². The topological polar surface area (TPSA) is 48.5 Å². The maximum absolute atomic E-state index is 5.50. The molecule has 0 aliphatic carbocycles. The van der Waals surface area contributed by atoms with Crippen molar-refractivity contribution in [3.8, 4) is 34.4 Å². The zero-order chi connectivity index (χ0) is 38.6. The number of hydrogen-bond acceptors (Lipinski definition) is 4. The van der Waals surface area contributed by atoms with Crippen LogP contribution in [0.5, 0.6) is 0 Å². The van der Waals surface area contributed by atoms with Crippen molar-refractivity contribution in [2.45, 2.75) is 0 Å². The van der Waals surface area contributed by atoms with Gasteiger partial charge in [-0.2, -0.15) is 9.97 Å². The maximum Gasteiger partial charge on any atom is 0.238 e. The van der Waals surface area contributed by atoms with Gasteiger partial charge >= 0.3 is 0 Å². The van der Waals surface area contributed by atoms with Crippen molar-refractivity contribution in [3.63, 3.8) is 0 Å². The Morgan fingerprint density at radius 3 is 1.51 bits per heavy atom. The third-order valence-electron chi connectivity index (χ3n) is 11.9. The van der Waals surface area contributed by atoms with Crippen molar-refractivity contribution in [3.05, 3.63) is 188 Å². The van der Waals surface area contributed by atoms with Crippen LogP contribution in [0.4, 0.5) is 0 Å². The van der Waals surface area contributed by atoms with Crippen LogP contribution in [0.1, 0.15) is 0 Å². The van der Waals surface area contributed by atoms with Gasteiger partial charge in [0.05, 0.1) is 27.8 Å². The molecule has 9 aromatic carbocycles. The molecule has 4 heterocycles. The molecule has 59 heavy (non-hydrogen) atoms. The van der Waals surface area contributed by atoms with Crippen molar-refractivity contribution in [2.24, 2.45) is 0 Å². The Kier molecular flexibility index (Phi) is 6.82. The minimum Gasteiger partial charge on any atom is -0.308 e. The zero-order valence-corrected chi connectivity index (χ0v) is 32.4. The van der Waals surface area contributed by atoms with Crippen molar-refractivity contribution in [2.75, 3.05) is 0 Å². The van der Waals surface area contributed by atoms with Crippen LogP contribution in [0.15, 0.2) is 188 Å². The van der Waals surface area contributed by atoms with Gasteiger partial charge in [0.1, 0.15) is 0 Å². The van der Waals surface area contributed by atoms with Gasteiger partial charge in [-0.15, -0.1) is 11.3 Å². The molecule has 13 aromatic rings. The van der Waals surface area contributed by atoms with E-state index < -0.39 is 0 Å². The number of thiophene rings is 1. The molecule has 0 spiro atoms. The number of para-hydroxylation sites is 3. The minimum atomic E-state index is 0.576. The van der Waals surface area contributed by atoms with Gasteiger partial charge in [0.2, 0.25) is 5.95 Å². The van der Waals surface area contributed by atoms with Gasteiger partial charge in [-0.25, -0.2) is 4.98 Å². The van der Waals surface area contributed by atoms with E-state index in [1.54, 1.807) is 0 Å². The fourth-order valence-electron chi connectivity index (χ4n) is 9.22. The number of fused-ring (bicyclic) bond motifs is 11. The molecule has 0 bridgehead atoms. The molecule has 0 aliphatic rings. The Labute approximate surface area is 341 Å². The lowest BCUT2D eigenvalue weighted by molar-refractivity contribution is 0.952. The fraction of sp³-hybridized carbons (Fsp3) is 0. The summed E-state index contributed by atoms with van der Waals surface area (Å²) < 4.78 is 7.08. The van der Waals surface area contributed by atoms with Crippen LogP contribution in [0.2, 0.25) is 0 Å². The molecular weight excluding hydrogens is 739 g/mol. The first kappa shape index (κ1) is 32.4. The van der Waals surface area contributed by atoms with Gasteiger partial charge in [-0.1, -0.05) is 133 Å². The lowest BCUT2D eigenvalue weighted by Gasteiger charge is -2.16. The molecule has 0 radical (unpaired) electrons. The van der Waals surface area contributed by atoms with E-state index in [0.29, 0.717) is 17.6 Å². The molecule has 0 amide bonds. The summed E-state index contributed by atoms with van der Waals surface area (Å²) in [7, 11) is 0. The average molecular weight is 770 g/mol. The first-order chi connectivity index (χ1) is 29.2. The molecule has 0 saturated heterocycles. The molecule has 0 fully saturated rings. The summed E-state index contributed by atoms with van der Waals surface area (Å²) >= 11 is 1.84. The average Bonchev–Trinajstić information content (AvgIpc) is 3.93. The summed E-state index contributed by atoms with van der Waals surface area (Å²) in [4.78, 5) is 16.2. The second kappa shape index (κ2) is 12.4. The molecule has 0 N–H and O–H groups in total. The van der Waals surface area contributed by atoms with E-state index in [4.69, 9.17) is 15.0 Å². The largest absolute Gasteiger partial charge is 0.308 e. The number of benzene rings is 9. The van der Waals surface area contributed by atoms with Crippen molar-refractivity contribution in [1.29, 1.82) is 0 Å². The summed E-state index contributed by atoms with van der Waals surface area (Å²) in [5.41, 5.74) is 7.24. The highest BCUT2D eigenvalue weighted by Gasteiger charge is 2.23. The predicted molar refractivity (Wildman–Crippen MR) is 247 cm³/mol. The SMILES string of the molecule is c1ccc(-c2nc(-c3cc4c(cc3-n3c5ccccc5c5cc6ccccc6cc53)sc3cc5ccccc5cc34)nc(-n3c4ccccc4c4ccccc43)n2)cc1. The normalized spacial score (nSPS) is 12.1. The lowest BCUT2D eigenvalue weighted by atomic mass is 10.0.